The second kappa shape index (κ2) is 14.4. The van der Waals surface area contributed by atoms with E-state index >= 15 is 0 Å². The first kappa shape index (κ1) is 34.4. The third-order valence-corrected chi connectivity index (χ3v) is 21.0. The Morgan fingerprint density at radius 1 is 0.618 bits per heavy atom. The van der Waals surface area contributed by atoms with Crippen molar-refractivity contribution in [1.82, 2.24) is 0 Å². The highest BCUT2D eigenvalue weighted by molar-refractivity contribution is 6.91. The molecule has 0 bridgehead atoms. The molecule has 0 rings (SSSR count). The van der Waals surface area contributed by atoms with E-state index < -0.39 is 42.1 Å². The predicted octanol–water partition coefficient (Wildman–Crippen LogP) is 8.76. The Hall–Kier alpha value is 0.434. The Morgan fingerprint density at radius 2 is 1.09 bits per heavy atom. The van der Waals surface area contributed by atoms with Crippen molar-refractivity contribution in [2.45, 2.75) is 149 Å². The van der Waals surface area contributed by atoms with Crippen molar-refractivity contribution in [2.75, 3.05) is 0 Å². The summed E-state index contributed by atoms with van der Waals surface area (Å²) >= 11 is 0. The van der Waals surface area contributed by atoms with Gasteiger partial charge in [-0.3, -0.25) is 4.79 Å². The van der Waals surface area contributed by atoms with Crippen LogP contribution in [0.25, 0.3) is 0 Å². The number of rotatable bonds is 18. The van der Waals surface area contributed by atoms with Gasteiger partial charge in [0.1, 0.15) is 0 Å². The Balaban J connectivity index is 5.95. The molecule has 0 saturated heterocycles. The van der Waals surface area contributed by atoms with Crippen LogP contribution >= 0.6 is 0 Å². The third-order valence-electron chi connectivity index (χ3n) is 5.51. The molecule has 0 aliphatic rings. The summed E-state index contributed by atoms with van der Waals surface area (Å²) in [6.45, 7) is 28.1. The van der Waals surface area contributed by atoms with Crippen molar-refractivity contribution in [2.24, 2.45) is 0 Å². The van der Waals surface area contributed by atoms with E-state index in [1.807, 2.05) is 0 Å². The molecule has 0 spiro atoms. The summed E-state index contributed by atoms with van der Waals surface area (Å²) in [7, 11) is -11.3. The average Bonchev–Trinajstić information content (AvgIpc) is 2.58. The molecular formula is C24H58O5Si5. The molecule has 0 N–H and O–H groups in total. The average molecular weight is 567 g/mol. The molecule has 0 fully saturated rings. The van der Waals surface area contributed by atoms with Crippen molar-refractivity contribution in [3.63, 3.8) is 0 Å². The fraction of sp³-hybridized carbons (Fsp3) is 0.958. The van der Waals surface area contributed by atoms with Gasteiger partial charge in [-0.1, -0.05) is 58.8 Å². The van der Waals surface area contributed by atoms with Crippen molar-refractivity contribution in [1.29, 1.82) is 0 Å². The lowest BCUT2D eigenvalue weighted by Crippen LogP contribution is -2.61. The predicted molar refractivity (Wildman–Crippen MR) is 159 cm³/mol. The van der Waals surface area contributed by atoms with E-state index in [9.17, 15) is 4.79 Å². The van der Waals surface area contributed by atoms with Crippen LogP contribution in [0.4, 0.5) is 0 Å². The SMILES string of the molecule is CCCCCCCCCC(C(=O)O[Si](C)(C)C)[Si](C)(O[Si](C)(C)C)O[Si](C)(CC)O[Si](C)(C)C. The maximum atomic E-state index is 13.6. The molecule has 34 heavy (non-hydrogen) atoms. The van der Waals surface area contributed by atoms with Gasteiger partial charge in [-0.25, -0.2) is 0 Å². The topological polar surface area (TPSA) is 54.0 Å². The van der Waals surface area contributed by atoms with E-state index in [1.54, 1.807) is 0 Å². The first-order valence-corrected chi connectivity index (χ1v) is 28.7. The molecule has 0 radical (unpaired) electrons. The van der Waals surface area contributed by atoms with Gasteiger partial charge >= 0.3 is 17.1 Å². The van der Waals surface area contributed by atoms with Gasteiger partial charge in [0.15, 0.2) is 16.6 Å². The molecule has 0 heterocycles. The van der Waals surface area contributed by atoms with Gasteiger partial charge < -0.3 is 16.8 Å². The Labute approximate surface area is 218 Å². The number of carbonyl (C=O) groups is 1. The smallest absolute Gasteiger partial charge is 0.330 e. The number of hydrogen-bond acceptors (Lipinski definition) is 5. The van der Waals surface area contributed by atoms with Crippen LogP contribution < -0.4 is 0 Å². The quantitative estimate of drug-likeness (QED) is 0.123. The molecule has 0 aliphatic heterocycles. The lowest BCUT2D eigenvalue weighted by molar-refractivity contribution is -0.135. The summed E-state index contributed by atoms with van der Waals surface area (Å²) in [4.78, 5) is 13.6. The van der Waals surface area contributed by atoms with Gasteiger partial charge in [-0.05, 0) is 84.5 Å². The van der Waals surface area contributed by atoms with Gasteiger partial charge in [0.2, 0.25) is 8.32 Å². The minimum atomic E-state index is -2.95. The fourth-order valence-electron chi connectivity index (χ4n) is 4.29. The van der Waals surface area contributed by atoms with E-state index in [0.717, 1.165) is 25.3 Å². The molecule has 0 aliphatic carbocycles. The van der Waals surface area contributed by atoms with Crippen molar-refractivity contribution in [3.8, 4) is 0 Å². The van der Waals surface area contributed by atoms with E-state index in [0.29, 0.717) is 0 Å². The first-order chi connectivity index (χ1) is 15.3. The van der Waals surface area contributed by atoms with Crippen LogP contribution in [0.1, 0.15) is 65.2 Å². The number of carbonyl (C=O) groups excluding carboxylic acids is 1. The fourth-order valence-corrected chi connectivity index (χ4v) is 23.2. The zero-order valence-corrected chi connectivity index (χ0v) is 30.0. The molecule has 10 heteroatoms. The van der Waals surface area contributed by atoms with Crippen LogP contribution in [0.2, 0.25) is 83.6 Å². The zero-order chi connectivity index (χ0) is 26.8. The van der Waals surface area contributed by atoms with Gasteiger partial charge in [0.05, 0.1) is 5.54 Å². The molecule has 0 amide bonds. The van der Waals surface area contributed by atoms with E-state index in [2.05, 4.69) is 85.9 Å². The maximum Gasteiger partial charge on any atom is 0.330 e. The highest BCUT2D eigenvalue weighted by atomic mass is 28.5. The molecular weight excluding hydrogens is 509 g/mol. The van der Waals surface area contributed by atoms with Crippen molar-refractivity contribution < 1.29 is 21.6 Å². The van der Waals surface area contributed by atoms with Gasteiger partial charge in [-0.15, -0.1) is 0 Å². The van der Waals surface area contributed by atoms with E-state index in [1.165, 1.54) is 32.1 Å². The summed E-state index contributed by atoms with van der Waals surface area (Å²) in [5.41, 5.74) is -0.315. The van der Waals surface area contributed by atoms with Crippen LogP contribution in [0.3, 0.4) is 0 Å². The molecule has 3 atom stereocenters. The van der Waals surface area contributed by atoms with Crippen LogP contribution in [0, 0.1) is 0 Å². The summed E-state index contributed by atoms with van der Waals surface area (Å²) in [6.07, 6.45) is 9.32. The molecule has 0 aromatic rings. The lowest BCUT2D eigenvalue weighted by atomic mass is 10.1. The van der Waals surface area contributed by atoms with Gasteiger partial charge in [0.25, 0.3) is 5.97 Å². The molecule has 5 nitrogen and oxygen atoms in total. The van der Waals surface area contributed by atoms with Crippen molar-refractivity contribution >= 4 is 48.0 Å². The normalized spacial score (nSPS) is 17.7. The largest absolute Gasteiger partial charge is 0.520 e. The van der Waals surface area contributed by atoms with Crippen LogP contribution in [-0.4, -0.2) is 48.0 Å². The number of unbranched alkanes of at least 4 members (excludes halogenated alkanes) is 6. The second-order valence-electron chi connectivity index (χ2n) is 13.0. The first-order valence-electron chi connectivity index (χ1n) is 13.6. The molecule has 204 valence electrons. The standard InChI is InChI=1S/C24H58O5Si5/c1-14-16-17-18-19-20-21-22-23(24(25)26-30(3,4)5)34(13,28-32(9,10)11)29-33(12,15-2)27-31(6,7)8/h23H,14-22H2,1-13H3. The van der Waals surface area contributed by atoms with Gasteiger partial charge in [0, 0.05) is 0 Å². The minimum Gasteiger partial charge on any atom is -0.520 e. The minimum absolute atomic E-state index is 0.0991. The van der Waals surface area contributed by atoms with E-state index in [-0.39, 0.29) is 11.5 Å². The maximum absolute atomic E-state index is 13.6. The third kappa shape index (κ3) is 15.5. The summed E-state index contributed by atoms with van der Waals surface area (Å²) < 4.78 is 26.7. The summed E-state index contributed by atoms with van der Waals surface area (Å²) in [5, 5.41) is 0. The van der Waals surface area contributed by atoms with Crippen LogP contribution in [-0.2, 0) is 21.6 Å². The van der Waals surface area contributed by atoms with Gasteiger partial charge in [-0.2, -0.15) is 0 Å². The highest BCUT2D eigenvalue weighted by Crippen LogP contribution is 2.38. The number of hydrogen-bond donors (Lipinski definition) is 0. The molecule has 3 unspecified atom stereocenters. The molecule has 0 saturated carbocycles. The van der Waals surface area contributed by atoms with Crippen LogP contribution in [0.5, 0.6) is 0 Å². The highest BCUT2D eigenvalue weighted by Gasteiger charge is 2.54. The Bertz CT molecular complexity index is 600. The zero-order valence-electron chi connectivity index (χ0n) is 25.0. The van der Waals surface area contributed by atoms with Crippen LogP contribution in [0.15, 0.2) is 0 Å². The molecule has 0 aromatic carbocycles. The molecule has 0 aromatic heterocycles. The lowest BCUT2D eigenvalue weighted by Gasteiger charge is -2.45. The summed E-state index contributed by atoms with van der Waals surface area (Å²) in [5.74, 6) is -0.0991. The van der Waals surface area contributed by atoms with E-state index in [4.69, 9.17) is 16.8 Å². The second-order valence-corrected chi connectivity index (χ2v) is 34.1. The Morgan fingerprint density at radius 3 is 1.50 bits per heavy atom. The Kier molecular flexibility index (Phi) is 14.6. The monoisotopic (exact) mass is 566 g/mol. The van der Waals surface area contributed by atoms with Crippen molar-refractivity contribution in [3.05, 3.63) is 0 Å². The summed E-state index contributed by atoms with van der Waals surface area (Å²) in [6, 6.07) is 0.849.